The van der Waals surface area contributed by atoms with Crippen molar-refractivity contribution in [1.82, 2.24) is 4.90 Å². The van der Waals surface area contributed by atoms with Gasteiger partial charge >= 0.3 is 0 Å². The van der Waals surface area contributed by atoms with E-state index in [0.717, 1.165) is 24.5 Å². The molecular formula is C18H27NO3. The zero-order valence-electron chi connectivity index (χ0n) is 13.3. The van der Waals surface area contributed by atoms with E-state index in [4.69, 9.17) is 14.2 Å². The molecule has 0 aromatic heterocycles. The Morgan fingerprint density at radius 3 is 2.73 bits per heavy atom. The molecule has 3 rings (SSSR count). The topological polar surface area (TPSA) is 30.9 Å². The molecule has 2 aliphatic heterocycles. The zero-order chi connectivity index (χ0) is 15.0. The molecule has 2 aliphatic rings. The predicted molar refractivity (Wildman–Crippen MR) is 86.7 cm³/mol. The average Bonchev–Trinajstić information content (AvgIpc) is 2.59. The van der Waals surface area contributed by atoms with E-state index in [0.29, 0.717) is 13.2 Å². The highest BCUT2D eigenvalue weighted by molar-refractivity contribution is 5.40. The molecule has 1 fully saturated rings. The van der Waals surface area contributed by atoms with Crippen molar-refractivity contribution in [3.05, 3.63) is 24.3 Å². The number of nitrogens with zero attached hydrogens (tertiary/aromatic N) is 1. The van der Waals surface area contributed by atoms with E-state index in [2.05, 4.69) is 4.90 Å². The Labute approximate surface area is 133 Å². The van der Waals surface area contributed by atoms with Crippen LogP contribution in [0.2, 0.25) is 0 Å². The molecule has 0 saturated carbocycles. The summed E-state index contributed by atoms with van der Waals surface area (Å²) in [5.74, 6) is 1.66. The normalized spacial score (nSPS) is 21.7. The van der Waals surface area contributed by atoms with Crippen LogP contribution in [0.4, 0.5) is 0 Å². The maximum atomic E-state index is 5.88. The van der Waals surface area contributed by atoms with Crippen LogP contribution in [-0.4, -0.2) is 50.5 Å². The van der Waals surface area contributed by atoms with Crippen LogP contribution >= 0.6 is 0 Å². The van der Waals surface area contributed by atoms with Crippen molar-refractivity contribution >= 4 is 0 Å². The van der Waals surface area contributed by atoms with Gasteiger partial charge in [0.05, 0.1) is 6.61 Å². The van der Waals surface area contributed by atoms with Crippen molar-refractivity contribution < 1.29 is 14.2 Å². The number of para-hydroxylation sites is 2. The molecule has 1 aromatic rings. The van der Waals surface area contributed by atoms with Crippen LogP contribution in [0.5, 0.6) is 11.5 Å². The summed E-state index contributed by atoms with van der Waals surface area (Å²) in [6, 6.07) is 7.81. The second-order valence-electron chi connectivity index (χ2n) is 6.18. The SMILES string of the molecule is c1ccc2c(c1)OCC(COCCCCN1CCCCC1)O2. The second kappa shape index (κ2) is 8.39. The second-order valence-corrected chi connectivity index (χ2v) is 6.18. The lowest BCUT2D eigenvalue weighted by Crippen LogP contribution is -2.33. The standard InChI is InChI=1S/C18H27NO3/c1-4-10-19(11-5-1)12-6-7-13-20-14-16-15-21-17-8-2-3-9-18(17)22-16/h2-3,8-9,16H,1,4-7,10-15H2. The zero-order valence-corrected chi connectivity index (χ0v) is 13.3. The first-order valence-electron chi connectivity index (χ1n) is 8.60. The molecule has 0 radical (unpaired) electrons. The molecule has 1 saturated heterocycles. The fourth-order valence-electron chi connectivity index (χ4n) is 3.08. The third-order valence-corrected chi connectivity index (χ3v) is 4.33. The molecule has 1 aromatic carbocycles. The van der Waals surface area contributed by atoms with Gasteiger partial charge in [0.25, 0.3) is 0 Å². The van der Waals surface area contributed by atoms with Gasteiger partial charge in [0, 0.05) is 6.61 Å². The summed E-state index contributed by atoms with van der Waals surface area (Å²) in [5.41, 5.74) is 0. The van der Waals surface area contributed by atoms with E-state index in [9.17, 15) is 0 Å². The van der Waals surface area contributed by atoms with Gasteiger partial charge in [-0.15, -0.1) is 0 Å². The molecule has 0 N–H and O–H groups in total. The maximum absolute atomic E-state index is 5.88. The summed E-state index contributed by atoms with van der Waals surface area (Å²) in [7, 11) is 0. The lowest BCUT2D eigenvalue weighted by Gasteiger charge is -2.27. The van der Waals surface area contributed by atoms with Crippen LogP contribution in [0.15, 0.2) is 24.3 Å². The number of ether oxygens (including phenoxy) is 3. The van der Waals surface area contributed by atoms with Crippen molar-refractivity contribution in [2.45, 2.75) is 38.2 Å². The Bertz CT molecular complexity index is 446. The molecule has 4 nitrogen and oxygen atoms in total. The first kappa shape index (κ1) is 15.6. The Morgan fingerprint density at radius 1 is 1.05 bits per heavy atom. The van der Waals surface area contributed by atoms with E-state index in [1.54, 1.807) is 0 Å². The number of hydrogen-bond donors (Lipinski definition) is 0. The molecule has 0 bridgehead atoms. The van der Waals surface area contributed by atoms with E-state index in [-0.39, 0.29) is 6.10 Å². The van der Waals surface area contributed by atoms with Gasteiger partial charge in [-0.1, -0.05) is 18.6 Å². The number of fused-ring (bicyclic) bond motifs is 1. The van der Waals surface area contributed by atoms with Crippen molar-refractivity contribution in [2.24, 2.45) is 0 Å². The first-order chi connectivity index (χ1) is 10.9. The lowest BCUT2D eigenvalue weighted by atomic mass is 10.1. The Hall–Kier alpha value is -1.26. The molecule has 1 atom stereocenters. The first-order valence-corrected chi connectivity index (χ1v) is 8.60. The number of likely N-dealkylation sites (tertiary alicyclic amines) is 1. The third kappa shape index (κ3) is 4.62. The lowest BCUT2D eigenvalue weighted by molar-refractivity contribution is 0.00740. The number of unbranched alkanes of at least 4 members (excludes halogenated alkanes) is 1. The van der Waals surface area contributed by atoms with Gasteiger partial charge < -0.3 is 19.1 Å². The van der Waals surface area contributed by atoms with Crippen LogP contribution in [0.3, 0.4) is 0 Å². The van der Waals surface area contributed by atoms with E-state index >= 15 is 0 Å². The minimum Gasteiger partial charge on any atom is -0.486 e. The van der Waals surface area contributed by atoms with Crippen molar-refractivity contribution in [3.8, 4) is 11.5 Å². The van der Waals surface area contributed by atoms with Crippen molar-refractivity contribution in [3.63, 3.8) is 0 Å². The highest BCUT2D eigenvalue weighted by Crippen LogP contribution is 2.30. The van der Waals surface area contributed by atoms with Gasteiger partial charge in [-0.05, 0) is 57.5 Å². The number of benzene rings is 1. The van der Waals surface area contributed by atoms with Crippen LogP contribution in [0.25, 0.3) is 0 Å². The van der Waals surface area contributed by atoms with Gasteiger partial charge in [-0.3, -0.25) is 0 Å². The third-order valence-electron chi connectivity index (χ3n) is 4.33. The maximum Gasteiger partial charge on any atom is 0.161 e. The molecular weight excluding hydrogens is 278 g/mol. The summed E-state index contributed by atoms with van der Waals surface area (Å²) < 4.78 is 17.3. The van der Waals surface area contributed by atoms with Gasteiger partial charge in [0.15, 0.2) is 17.6 Å². The summed E-state index contributed by atoms with van der Waals surface area (Å²) in [4.78, 5) is 2.58. The van der Waals surface area contributed by atoms with E-state index in [1.807, 2.05) is 24.3 Å². The van der Waals surface area contributed by atoms with Crippen LogP contribution in [-0.2, 0) is 4.74 Å². The number of rotatable bonds is 7. The molecule has 1 unspecified atom stereocenters. The van der Waals surface area contributed by atoms with Gasteiger partial charge in [0.2, 0.25) is 0 Å². The molecule has 0 spiro atoms. The van der Waals surface area contributed by atoms with E-state index in [1.165, 1.54) is 45.3 Å². The summed E-state index contributed by atoms with van der Waals surface area (Å²) in [6.07, 6.45) is 6.52. The van der Waals surface area contributed by atoms with Gasteiger partial charge in [-0.25, -0.2) is 0 Å². The predicted octanol–water partition coefficient (Wildman–Crippen LogP) is 3.11. The molecule has 22 heavy (non-hydrogen) atoms. The molecule has 0 amide bonds. The average molecular weight is 305 g/mol. The van der Waals surface area contributed by atoms with Crippen molar-refractivity contribution in [2.75, 3.05) is 39.5 Å². The Morgan fingerprint density at radius 2 is 1.86 bits per heavy atom. The highest BCUT2D eigenvalue weighted by Gasteiger charge is 2.20. The van der Waals surface area contributed by atoms with Crippen LogP contribution < -0.4 is 9.47 Å². The summed E-state index contributed by atoms with van der Waals surface area (Å²) in [5, 5.41) is 0. The largest absolute Gasteiger partial charge is 0.486 e. The highest BCUT2D eigenvalue weighted by atomic mass is 16.6. The Kier molecular flexibility index (Phi) is 5.96. The molecule has 0 aliphatic carbocycles. The van der Waals surface area contributed by atoms with Crippen molar-refractivity contribution in [1.29, 1.82) is 0 Å². The fourth-order valence-corrected chi connectivity index (χ4v) is 3.08. The smallest absolute Gasteiger partial charge is 0.161 e. The number of hydrogen-bond acceptors (Lipinski definition) is 4. The minimum atomic E-state index is 0.0111. The number of piperidine rings is 1. The fraction of sp³-hybridized carbons (Fsp3) is 0.667. The molecule has 4 heteroatoms. The van der Waals surface area contributed by atoms with Gasteiger partial charge in [-0.2, -0.15) is 0 Å². The molecule has 2 heterocycles. The van der Waals surface area contributed by atoms with E-state index < -0.39 is 0 Å². The van der Waals surface area contributed by atoms with Crippen LogP contribution in [0.1, 0.15) is 32.1 Å². The monoisotopic (exact) mass is 305 g/mol. The minimum absolute atomic E-state index is 0.0111. The Balaban J connectivity index is 1.25. The molecule has 122 valence electrons. The summed E-state index contributed by atoms with van der Waals surface area (Å²) >= 11 is 0. The quantitative estimate of drug-likeness (QED) is 0.724. The van der Waals surface area contributed by atoms with Crippen LogP contribution in [0, 0.1) is 0 Å². The van der Waals surface area contributed by atoms with Gasteiger partial charge in [0.1, 0.15) is 6.61 Å². The summed E-state index contributed by atoms with van der Waals surface area (Å²) in [6.45, 7) is 5.79.